The number of halogens is 2. The molecule has 0 aromatic heterocycles. The quantitative estimate of drug-likeness (QED) is 0.649. The van der Waals surface area contributed by atoms with Crippen LogP contribution in [-0.2, 0) is 6.42 Å². The van der Waals surface area contributed by atoms with Crippen molar-refractivity contribution in [2.45, 2.75) is 59.9 Å². The van der Waals surface area contributed by atoms with Crippen molar-refractivity contribution >= 4 is 23.2 Å². The Bertz CT molecular complexity index is 417. The van der Waals surface area contributed by atoms with Crippen molar-refractivity contribution in [3.63, 3.8) is 0 Å². The monoisotopic (exact) mass is 329 g/mol. The lowest BCUT2D eigenvalue weighted by atomic mass is 9.78. The Kier molecular flexibility index (Phi) is 7.53. The molecule has 1 rings (SSSR count). The van der Waals surface area contributed by atoms with Crippen molar-refractivity contribution in [1.29, 1.82) is 0 Å². The van der Waals surface area contributed by atoms with Crippen LogP contribution in [0.25, 0.3) is 0 Å². The van der Waals surface area contributed by atoms with Crippen LogP contribution in [0, 0.1) is 11.3 Å². The Morgan fingerprint density at radius 2 is 1.71 bits per heavy atom. The molecule has 0 fully saturated rings. The lowest BCUT2D eigenvalue weighted by Crippen LogP contribution is -2.36. The van der Waals surface area contributed by atoms with Crippen molar-refractivity contribution in [2.24, 2.45) is 11.3 Å². The fourth-order valence-corrected chi connectivity index (χ4v) is 2.89. The fourth-order valence-electron chi connectivity index (χ4n) is 2.34. The zero-order valence-corrected chi connectivity index (χ0v) is 15.5. The molecule has 0 bridgehead atoms. The number of hydrogen-bond acceptors (Lipinski definition) is 1. The van der Waals surface area contributed by atoms with Gasteiger partial charge in [-0.3, -0.25) is 0 Å². The van der Waals surface area contributed by atoms with Gasteiger partial charge in [-0.2, -0.15) is 0 Å². The van der Waals surface area contributed by atoms with Gasteiger partial charge in [0.05, 0.1) is 0 Å². The number of rotatable bonds is 7. The molecule has 1 aromatic rings. The third kappa shape index (κ3) is 6.18. The zero-order chi connectivity index (χ0) is 16.0. The van der Waals surface area contributed by atoms with Crippen molar-refractivity contribution in [2.75, 3.05) is 6.54 Å². The van der Waals surface area contributed by atoms with Crippen LogP contribution < -0.4 is 5.32 Å². The molecule has 1 nitrogen and oxygen atoms in total. The molecule has 120 valence electrons. The van der Waals surface area contributed by atoms with E-state index in [9.17, 15) is 0 Å². The SMILES string of the molecule is CCCNC(Cc1c(Cl)cccc1Cl)CC(C)C(C)(C)C. The van der Waals surface area contributed by atoms with Crippen molar-refractivity contribution in [3.05, 3.63) is 33.8 Å². The molecular weight excluding hydrogens is 301 g/mol. The second-order valence-electron chi connectivity index (χ2n) is 7.06. The van der Waals surface area contributed by atoms with Gasteiger partial charge in [-0.15, -0.1) is 0 Å². The number of nitrogens with one attached hydrogen (secondary N) is 1. The van der Waals surface area contributed by atoms with E-state index in [1.165, 1.54) is 0 Å². The molecule has 0 saturated carbocycles. The summed E-state index contributed by atoms with van der Waals surface area (Å²) in [7, 11) is 0. The van der Waals surface area contributed by atoms with E-state index in [0.29, 0.717) is 17.4 Å². The van der Waals surface area contributed by atoms with Crippen molar-refractivity contribution < 1.29 is 0 Å². The first-order valence-electron chi connectivity index (χ1n) is 7.92. The van der Waals surface area contributed by atoms with Crippen LogP contribution in [-0.4, -0.2) is 12.6 Å². The highest BCUT2D eigenvalue weighted by atomic mass is 35.5. The van der Waals surface area contributed by atoms with Gasteiger partial charge in [0.25, 0.3) is 0 Å². The van der Waals surface area contributed by atoms with Crippen LogP contribution in [0.15, 0.2) is 18.2 Å². The third-order valence-corrected chi connectivity index (χ3v) is 5.02. The lowest BCUT2D eigenvalue weighted by Gasteiger charge is -2.31. The maximum Gasteiger partial charge on any atom is 0.0453 e. The molecule has 0 heterocycles. The highest BCUT2D eigenvalue weighted by Crippen LogP contribution is 2.31. The normalized spacial score (nSPS) is 15.0. The molecule has 0 aliphatic carbocycles. The lowest BCUT2D eigenvalue weighted by molar-refractivity contribution is 0.222. The van der Waals surface area contributed by atoms with E-state index in [4.69, 9.17) is 23.2 Å². The Balaban J connectivity index is 2.83. The maximum absolute atomic E-state index is 6.32. The molecule has 21 heavy (non-hydrogen) atoms. The van der Waals surface area contributed by atoms with Crippen LogP contribution in [0.3, 0.4) is 0 Å². The van der Waals surface area contributed by atoms with Gasteiger partial charge in [0.2, 0.25) is 0 Å². The first kappa shape index (κ1) is 18.8. The molecule has 2 unspecified atom stereocenters. The van der Waals surface area contributed by atoms with Crippen LogP contribution in [0.1, 0.15) is 53.0 Å². The largest absolute Gasteiger partial charge is 0.314 e. The van der Waals surface area contributed by atoms with Crippen LogP contribution >= 0.6 is 23.2 Å². The Morgan fingerprint density at radius 1 is 1.14 bits per heavy atom. The van der Waals surface area contributed by atoms with Gasteiger partial charge >= 0.3 is 0 Å². The number of hydrogen-bond donors (Lipinski definition) is 1. The molecule has 1 N–H and O–H groups in total. The van der Waals surface area contributed by atoms with E-state index in [-0.39, 0.29) is 0 Å². The first-order chi connectivity index (χ1) is 9.75. The molecular formula is C18H29Cl2N. The molecule has 0 saturated heterocycles. The standard InChI is InChI=1S/C18H29Cl2N/c1-6-10-21-14(11-13(2)18(3,4)5)12-15-16(19)8-7-9-17(15)20/h7-9,13-14,21H,6,10-12H2,1-5H3. The Morgan fingerprint density at radius 3 is 2.19 bits per heavy atom. The van der Waals surface area contributed by atoms with Crippen LogP contribution in [0.5, 0.6) is 0 Å². The molecule has 0 spiro atoms. The average molecular weight is 330 g/mol. The summed E-state index contributed by atoms with van der Waals surface area (Å²) in [6, 6.07) is 6.16. The van der Waals surface area contributed by atoms with Crippen LogP contribution in [0.4, 0.5) is 0 Å². The minimum atomic E-state index is 0.316. The molecule has 3 heteroatoms. The van der Waals surface area contributed by atoms with Gasteiger partial charge in [0, 0.05) is 16.1 Å². The van der Waals surface area contributed by atoms with Gasteiger partial charge in [-0.05, 0) is 54.8 Å². The van der Waals surface area contributed by atoms with E-state index < -0.39 is 0 Å². The van der Waals surface area contributed by atoms with E-state index in [1.54, 1.807) is 0 Å². The minimum Gasteiger partial charge on any atom is -0.314 e. The summed E-state index contributed by atoms with van der Waals surface area (Å²) >= 11 is 12.6. The van der Waals surface area contributed by atoms with E-state index in [2.05, 4.69) is 39.9 Å². The highest BCUT2D eigenvalue weighted by Gasteiger charge is 2.24. The smallest absolute Gasteiger partial charge is 0.0453 e. The predicted molar refractivity (Wildman–Crippen MR) is 95.5 cm³/mol. The predicted octanol–water partition coefficient (Wildman–Crippen LogP) is 5.98. The molecule has 0 aliphatic rings. The number of benzene rings is 1. The summed E-state index contributed by atoms with van der Waals surface area (Å²) in [5.74, 6) is 0.633. The molecule has 1 aromatic carbocycles. The Labute approximate surface area is 140 Å². The van der Waals surface area contributed by atoms with Gasteiger partial charge in [-0.25, -0.2) is 0 Å². The second kappa shape index (κ2) is 8.41. The van der Waals surface area contributed by atoms with Gasteiger partial charge in [0.15, 0.2) is 0 Å². The highest BCUT2D eigenvalue weighted by molar-refractivity contribution is 6.36. The zero-order valence-electron chi connectivity index (χ0n) is 14.0. The summed E-state index contributed by atoms with van der Waals surface area (Å²) in [5, 5.41) is 5.20. The fraction of sp³-hybridized carbons (Fsp3) is 0.667. The van der Waals surface area contributed by atoms with Crippen molar-refractivity contribution in [1.82, 2.24) is 5.32 Å². The summed E-state index contributed by atoms with van der Waals surface area (Å²) in [6.07, 6.45) is 3.15. The van der Waals surface area contributed by atoms with E-state index in [1.807, 2.05) is 18.2 Å². The minimum absolute atomic E-state index is 0.316. The average Bonchev–Trinajstić information content (AvgIpc) is 2.38. The second-order valence-corrected chi connectivity index (χ2v) is 7.87. The van der Waals surface area contributed by atoms with Gasteiger partial charge in [0.1, 0.15) is 0 Å². The summed E-state index contributed by atoms with van der Waals surface area (Å²) in [5.41, 5.74) is 1.38. The molecule has 0 aliphatic heterocycles. The van der Waals surface area contributed by atoms with Crippen molar-refractivity contribution in [3.8, 4) is 0 Å². The van der Waals surface area contributed by atoms with Crippen LogP contribution in [0.2, 0.25) is 10.0 Å². The molecule has 0 amide bonds. The topological polar surface area (TPSA) is 12.0 Å². The Hall–Kier alpha value is -0.240. The third-order valence-electron chi connectivity index (χ3n) is 4.31. The molecule has 0 radical (unpaired) electrons. The van der Waals surface area contributed by atoms with E-state index >= 15 is 0 Å². The maximum atomic E-state index is 6.32. The molecule has 2 atom stereocenters. The summed E-state index contributed by atoms with van der Waals surface area (Å²) in [6.45, 7) is 12.5. The first-order valence-corrected chi connectivity index (χ1v) is 8.67. The summed E-state index contributed by atoms with van der Waals surface area (Å²) < 4.78 is 0. The summed E-state index contributed by atoms with van der Waals surface area (Å²) in [4.78, 5) is 0. The van der Waals surface area contributed by atoms with Gasteiger partial charge in [-0.1, -0.05) is 63.9 Å². The van der Waals surface area contributed by atoms with E-state index in [0.717, 1.165) is 41.4 Å². The van der Waals surface area contributed by atoms with Gasteiger partial charge < -0.3 is 5.32 Å².